The Hall–Kier alpha value is -3.67. The zero-order valence-electron chi connectivity index (χ0n) is 21.1. The molecule has 0 aliphatic heterocycles. The third-order valence-electron chi connectivity index (χ3n) is 5.74. The van der Waals surface area contributed by atoms with E-state index in [1.54, 1.807) is 31.2 Å². The van der Waals surface area contributed by atoms with Crippen molar-refractivity contribution in [1.82, 2.24) is 16.0 Å². The van der Waals surface area contributed by atoms with Gasteiger partial charge in [0.2, 0.25) is 17.7 Å². The van der Waals surface area contributed by atoms with E-state index in [0.717, 1.165) is 5.56 Å². The smallest absolute Gasteiger partial charge is 0.325 e. The van der Waals surface area contributed by atoms with Crippen LogP contribution >= 0.6 is 0 Å². The summed E-state index contributed by atoms with van der Waals surface area (Å²) < 4.78 is 0. The van der Waals surface area contributed by atoms with E-state index in [4.69, 9.17) is 22.3 Å². The first-order chi connectivity index (χ1) is 17.0. The Morgan fingerprint density at radius 1 is 0.972 bits per heavy atom. The zero-order valence-corrected chi connectivity index (χ0v) is 21.1. The molecule has 0 spiro atoms. The fraction of sp³-hybridized carbons (Fsp3) is 0.542. The van der Waals surface area contributed by atoms with Gasteiger partial charge in [0, 0.05) is 13.0 Å². The number of hydrogen-bond donors (Lipinski definition) is 7. The van der Waals surface area contributed by atoms with Gasteiger partial charge in [0.25, 0.3) is 0 Å². The lowest BCUT2D eigenvalue weighted by molar-refractivity contribution is -0.141. The van der Waals surface area contributed by atoms with Gasteiger partial charge in [-0.15, -0.1) is 0 Å². The molecule has 0 aromatic heterocycles. The van der Waals surface area contributed by atoms with Crippen LogP contribution in [0.15, 0.2) is 35.3 Å². The Bertz CT molecular complexity index is 905. The van der Waals surface area contributed by atoms with Crippen LogP contribution in [0, 0.1) is 5.92 Å². The molecule has 1 aromatic rings. The minimum Gasteiger partial charge on any atom is -0.480 e. The van der Waals surface area contributed by atoms with Gasteiger partial charge in [0.05, 0.1) is 6.04 Å². The first-order valence-corrected chi connectivity index (χ1v) is 11.9. The number of carboxylic acids is 1. The summed E-state index contributed by atoms with van der Waals surface area (Å²) in [7, 11) is 0. The summed E-state index contributed by atoms with van der Waals surface area (Å²) >= 11 is 0. The summed E-state index contributed by atoms with van der Waals surface area (Å²) in [5.41, 5.74) is 17.3. The first-order valence-electron chi connectivity index (χ1n) is 11.9. The Balaban J connectivity index is 2.97. The molecule has 12 heteroatoms. The second-order valence-corrected chi connectivity index (χ2v) is 8.75. The molecule has 0 aliphatic rings. The van der Waals surface area contributed by atoms with Gasteiger partial charge < -0.3 is 38.3 Å². The summed E-state index contributed by atoms with van der Waals surface area (Å²) in [6.45, 7) is 5.32. The van der Waals surface area contributed by atoms with Crippen molar-refractivity contribution in [3.05, 3.63) is 35.9 Å². The van der Waals surface area contributed by atoms with E-state index in [2.05, 4.69) is 20.9 Å². The molecule has 12 nitrogen and oxygen atoms in total. The predicted octanol–water partition coefficient (Wildman–Crippen LogP) is -0.785. The molecule has 1 aromatic carbocycles. The van der Waals surface area contributed by atoms with E-state index in [1.807, 2.05) is 13.0 Å². The summed E-state index contributed by atoms with van der Waals surface area (Å²) in [6, 6.07) is 4.97. The minimum atomic E-state index is -1.20. The number of rotatable bonds is 15. The molecule has 10 N–H and O–H groups in total. The van der Waals surface area contributed by atoms with Crippen molar-refractivity contribution in [2.75, 3.05) is 6.54 Å². The second kappa shape index (κ2) is 15.4. The minimum absolute atomic E-state index is 0.0478. The van der Waals surface area contributed by atoms with Crippen LogP contribution < -0.4 is 33.2 Å². The Labute approximate surface area is 211 Å². The highest BCUT2D eigenvalue weighted by atomic mass is 16.4. The Kier molecular flexibility index (Phi) is 12.9. The van der Waals surface area contributed by atoms with Crippen LogP contribution in [-0.2, 0) is 25.6 Å². The van der Waals surface area contributed by atoms with E-state index < -0.39 is 47.9 Å². The number of aliphatic imine (C=N–C) groups is 1. The average Bonchev–Trinajstić information content (AvgIpc) is 2.84. The molecule has 0 aliphatic carbocycles. The number of amides is 3. The van der Waals surface area contributed by atoms with Crippen LogP contribution in [0.5, 0.6) is 0 Å². The molecule has 5 unspecified atom stereocenters. The van der Waals surface area contributed by atoms with Gasteiger partial charge in [0.1, 0.15) is 18.1 Å². The van der Waals surface area contributed by atoms with Crippen LogP contribution in [0.2, 0.25) is 0 Å². The maximum absolute atomic E-state index is 13.3. The van der Waals surface area contributed by atoms with E-state index in [1.165, 1.54) is 6.92 Å². The molecular weight excluding hydrogens is 466 g/mol. The van der Waals surface area contributed by atoms with Crippen molar-refractivity contribution in [2.24, 2.45) is 28.1 Å². The molecule has 0 heterocycles. The summed E-state index contributed by atoms with van der Waals surface area (Å²) in [5.74, 6) is -3.23. The summed E-state index contributed by atoms with van der Waals surface area (Å²) in [4.78, 5) is 53.9. The number of carbonyl (C=O) groups excluding carboxylic acids is 3. The molecule has 0 bridgehead atoms. The zero-order chi connectivity index (χ0) is 27.3. The molecule has 200 valence electrons. The number of hydrogen-bond acceptors (Lipinski definition) is 6. The molecule has 3 amide bonds. The van der Waals surface area contributed by atoms with Gasteiger partial charge in [-0.1, -0.05) is 50.6 Å². The number of benzene rings is 1. The van der Waals surface area contributed by atoms with Gasteiger partial charge in [-0.3, -0.25) is 24.2 Å². The quantitative estimate of drug-likeness (QED) is 0.0908. The first kappa shape index (κ1) is 30.4. The van der Waals surface area contributed by atoms with Crippen LogP contribution in [0.4, 0.5) is 0 Å². The third-order valence-corrected chi connectivity index (χ3v) is 5.74. The molecule has 0 saturated carbocycles. The van der Waals surface area contributed by atoms with E-state index in [-0.39, 0.29) is 18.3 Å². The highest BCUT2D eigenvalue weighted by Gasteiger charge is 2.32. The highest BCUT2D eigenvalue weighted by molar-refractivity contribution is 5.94. The van der Waals surface area contributed by atoms with Crippen LogP contribution in [0.1, 0.15) is 45.6 Å². The Morgan fingerprint density at radius 3 is 2.17 bits per heavy atom. The number of nitrogens with zero attached hydrogens (tertiary/aromatic N) is 1. The number of aliphatic carboxylic acids is 1. The molecular formula is C24H39N7O5. The highest BCUT2D eigenvalue weighted by Crippen LogP contribution is 2.11. The lowest BCUT2D eigenvalue weighted by Gasteiger charge is -2.28. The standard InChI is InChI=1S/C24H39N7O5/c1-4-14(2)19(31-20(32)17(25)11-8-12-28-24(26)27)22(34)30-18(13-16-9-6-5-7-10-16)21(33)29-15(3)23(35)36/h5-7,9-10,14-15,17-19H,4,8,11-13,25H2,1-3H3,(H,29,33)(H,30,34)(H,31,32)(H,35,36)(H4,26,27,28). The largest absolute Gasteiger partial charge is 0.480 e. The molecule has 36 heavy (non-hydrogen) atoms. The van der Waals surface area contributed by atoms with Crippen LogP contribution in [-0.4, -0.2) is 65.5 Å². The third kappa shape index (κ3) is 10.7. The molecule has 0 saturated heterocycles. The lowest BCUT2D eigenvalue weighted by atomic mass is 9.96. The van der Waals surface area contributed by atoms with E-state index >= 15 is 0 Å². The summed E-state index contributed by atoms with van der Waals surface area (Å²) in [6.07, 6.45) is 1.50. The summed E-state index contributed by atoms with van der Waals surface area (Å²) in [5, 5.41) is 16.9. The molecule has 5 atom stereocenters. The van der Waals surface area contributed by atoms with Crippen molar-refractivity contribution >= 4 is 29.7 Å². The van der Waals surface area contributed by atoms with Gasteiger partial charge in [0.15, 0.2) is 5.96 Å². The maximum atomic E-state index is 13.3. The fourth-order valence-electron chi connectivity index (χ4n) is 3.31. The predicted molar refractivity (Wildman–Crippen MR) is 137 cm³/mol. The Morgan fingerprint density at radius 2 is 1.61 bits per heavy atom. The number of carbonyl (C=O) groups is 4. The van der Waals surface area contributed by atoms with Gasteiger partial charge in [-0.05, 0) is 31.2 Å². The topological polar surface area (TPSA) is 215 Å². The molecule has 0 radical (unpaired) electrons. The van der Waals surface area contributed by atoms with Crippen LogP contribution in [0.25, 0.3) is 0 Å². The number of carboxylic acid groups (broad SMARTS) is 1. The van der Waals surface area contributed by atoms with Crippen LogP contribution in [0.3, 0.4) is 0 Å². The number of nitrogens with two attached hydrogens (primary N) is 3. The number of nitrogens with one attached hydrogen (secondary N) is 3. The fourth-order valence-corrected chi connectivity index (χ4v) is 3.31. The molecule has 0 fully saturated rings. The second-order valence-electron chi connectivity index (χ2n) is 8.75. The SMILES string of the molecule is CCC(C)C(NC(=O)C(N)CCCN=C(N)N)C(=O)NC(Cc1ccccc1)C(=O)NC(C)C(=O)O. The van der Waals surface area contributed by atoms with Crippen molar-refractivity contribution in [3.63, 3.8) is 0 Å². The van der Waals surface area contributed by atoms with Crippen molar-refractivity contribution in [2.45, 2.75) is 70.6 Å². The van der Waals surface area contributed by atoms with E-state index in [9.17, 15) is 19.2 Å². The van der Waals surface area contributed by atoms with Gasteiger partial charge in [-0.25, -0.2) is 0 Å². The van der Waals surface area contributed by atoms with Gasteiger partial charge >= 0.3 is 5.97 Å². The number of guanidine groups is 1. The monoisotopic (exact) mass is 505 g/mol. The van der Waals surface area contributed by atoms with E-state index in [0.29, 0.717) is 25.8 Å². The maximum Gasteiger partial charge on any atom is 0.325 e. The molecule has 1 rings (SSSR count). The van der Waals surface area contributed by atoms with Crippen molar-refractivity contribution in [3.8, 4) is 0 Å². The average molecular weight is 506 g/mol. The van der Waals surface area contributed by atoms with Gasteiger partial charge in [-0.2, -0.15) is 0 Å². The lowest BCUT2D eigenvalue weighted by Crippen LogP contribution is -2.58. The normalized spacial score (nSPS) is 14.9. The van der Waals surface area contributed by atoms with Crippen molar-refractivity contribution < 1.29 is 24.3 Å². The van der Waals surface area contributed by atoms with Crippen molar-refractivity contribution in [1.29, 1.82) is 0 Å².